The maximum absolute atomic E-state index is 12.9. The summed E-state index contributed by atoms with van der Waals surface area (Å²) in [4.78, 5) is 25.1. The van der Waals surface area contributed by atoms with E-state index >= 15 is 0 Å². The van der Waals surface area contributed by atoms with Crippen LogP contribution in [0.3, 0.4) is 0 Å². The van der Waals surface area contributed by atoms with Crippen molar-refractivity contribution >= 4 is 33.8 Å². The van der Waals surface area contributed by atoms with Crippen molar-refractivity contribution in [2.24, 2.45) is 0 Å². The number of amides is 1. The van der Waals surface area contributed by atoms with Crippen molar-refractivity contribution in [2.75, 3.05) is 7.11 Å². The Morgan fingerprint density at radius 3 is 2.16 bits per heavy atom. The lowest BCUT2D eigenvalue weighted by atomic mass is 10.0. The minimum Gasteiger partial charge on any atom is -0.497 e. The predicted molar refractivity (Wildman–Crippen MR) is 144 cm³/mol. The molecule has 1 amide bonds. The summed E-state index contributed by atoms with van der Waals surface area (Å²) >= 11 is 1.11. The van der Waals surface area contributed by atoms with Crippen LogP contribution >= 0.6 is 11.8 Å². The van der Waals surface area contributed by atoms with E-state index in [0.717, 1.165) is 17.3 Å². The summed E-state index contributed by atoms with van der Waals surface area (Å²) in [5.74, 6) is -0.160. The molecule has 9 nitrogen and oxygen atoms in total. The van der Waals surface area contributed by atoms with Gasteiger partial charge >= 0.3 is 12.1 Å². The first-order valence-corrected chi connectivity index (χ1v) is 14.1. The molecule has 0 aromatic heterocycles. The zero-order valence-corrected chi connectivity index (χ0v) is 23.8. The van der Waals surface area contributed by atoms with Crippen LogP contribution in [0.4, 0.5) is 4.79 Å². The molecule has 1 unspecified atom stereocenters. The maximum Gasteiger partial charge on any atom is 0.408 e. The molecule has 0 aliphatic heterocycles. The monoisotopic (exact) mass is 552 g/mol. The number of carboxylic acid groups (broad SMARTS) is 1. The number of rotatable bonds is 10. The van der Waals surface area contributed by atoms with Crippen molar-refractivity contribution in [1.82, 2.24) is 10.0 Å². The standard InChI is InChI=1S/C26H36N2O7S2/c1-25(2,3)28-37(32,33)20-10-8-9-18(15-20)21(27-24(31)35-26(4,5)6)22(23(29)30)36-16-17-11-13-19(34-7)14-12-17/h8-15,21-22,28H,16H2,1-7H3,(H,27,31)(H,29,30)/t21-,22?/m0/s1. The van der Waals surface area contributed by atoms with Crippen LogP contribution in [-0.2, 0) is 25.3 Å². The van der Waals surface area contributed by atoms with E-state index in [2.05, 4.69) is 10.0 Å². The van der Waals surface area contributed by atoms with E-state index in [9.17, 15) is 23.1 Å². The van der Waals surface area contributed by atoms with Gasteiger partial charge in [0.2, 0.25) is 10.0 Å². The van der Waals surface area contributed by atoms with Crippen molar-refractivity contribution in [3.05, 3.63) is 59.7 Å². The fourth-order valence-electron chi connectivity index (χ4n) is 3.32. The maximum atomic E-state index is 12.9. The molecule has 0 radical (unpaired) electrons. The lowest BCUT2D eigenvalue weighted by molar-refractivity contribution is -0.136. The highest BCUT2D eigenvalue weighted by Gasteiger charge is 2.34. The molecule has 2 aromatic carbocycles. The molecule has 0 saturated heterocycles. The van der Waals surface area contributed by atoms with Gasteiger partial charge < -0.3 is 19.9 Å². The van der Waals surface area contributed by atoms with E-state index in [1.807, 2.05) is 12.1 Å². The highest BCUT2D eigenvalue weighted by molar-refractivity contribution is 7.99. The van der Waals surface area contributed by atoms with Crippen LogP contribution in [-0.4, -0.2) is 49.1 Å². The van der Waals surface area contributed by atoms with Gasteiger partial charge in [-0.3, -0.25) is 4.79 Å². The number of sulfonamides is 1. The molecular weight excluding hydrogens is 516 g/mol. The Kier molecular flexibility index (Phi) is 10.0. The van der Waals surface area contributed by atoms with E-state index in [1.165, 1.54) is 18.2 Å². The van der Waals surface area contributed by atoms with Crippen LogP contribution in [0.15, 0.2) is 53.4 Å². The number of nitrogens with one attached hydrogen (secondary N) is 2. The molecule has 0 fully saturated rings. The van der Waals surface area contributed by atoms with Crippen molar-refractivity contribution in [3.63, 3.8) is 0 Å². The summed E-state index contributed by atoms with van der Waals surface area (Å²) in [6.45, 7) is 10.2. The number of ether oxygens (including phenoxy) is 2. The molecule has 11 heteroatoms. The minimum absolute atomic E-state index is 0.0415. The largest absolute Gasteiger partial charge is 0.497 e. The lowest BCUT2D eigenvalue weighted by Crippen LogP contribution is -2.42. The smallest absolute Gasteiger partial charge is 0.408 e. The minimum atomic E-state index is -3.90. The van der Waals surface area contributed by atoms with Gasteiger partial charge in [0.05, 0.1) is 18.0 Å². The summed E-state index contributed by atoms with van der Waals surface area (Å²) in [5, 5.41) is 11.6. The van der Waals surface area contributed by atoms with Gasteiger partial charge in [0.15, 0.2) is 0 Å². The lowest BCUT2D eigenvalue weighted by Gasteiger charge is -2.28. The number of hydrogen-bond donors (Lipinski definition) is 3. The molecule has 2 rings (SSSR count). The topological polar surface area (TPSA) is 131 Å². The molecule has 2 aromatic rings. The van der Waals surface area contributed by atoms with E-state index in [0.29, 0.717) is 17.1 Å². The van der Waals surface area contributed by atoms with Gasteiger partial charge in [-0.15, -0.1) is 11.8 Å². The first kappa shape index (κ1) is 30.5. The summed E-state index contributed by atoms with van der Waals surface area (Å²) in [6, 6.07) is 12.0. The van der Waals surface area contributed by atoms with Crippen LogP contribution < -0.4 is 14.8 Å². The normalized spacial score (nSPS) is 13.9. The van der Waals surface area contributed by atoms with Gasteiger partial charge in [-0.25, -0.2) is 17.9 Å². The molecule has 0 saturated carbocycles. The van der Waals surface area contributed by atoms with Gasteiger partial charge in [-0.2, -0.15) is 0 Å². The Bertz CT molecular complexity index is 1180. The average molecular weight is 553 g/mol. The molecule has 0 spiro atoms. The fourth-order valence-corrected chi connectivity index (χ4v) is 5.92. The Morgan fingerprint density at radius 2 is 1.65 bits per heavy atom. The third-order valence-electron chi connectivity index (χ3n) is 4.78. The van der Waals surface area contributed by atoms with Crippen LogP contribution in [0.1, 0.15) is 58.7 Å². The molecule has 37 heavy (non-hydrogen) atoms. The quantitative estimate of drug-likeness (QED) is 0.386. The van der Waals surface area contributed by atoms with Crippen LogP contribution in [0.25, 0.3) is 0 Å². The number of aliphatic carboxylic acids is 1. The average Bonchev–Trinajstić information content (AvgIpc) is 2.76. The number of alkyl carbamates (subject to hydrolysis) is 1. The van der Waals surface area contributed by atoms with E-state index in [1.54, 1.807) is 66.9 Å². The number of methoxy groups -OCH3 is 1. The van der Waals surface area contributed by atoms with Gasteiger partial charge in [0.1, 0.15) is 16.6 Å². The number of hydrogen-bond acceptors (Lipinski definition) is 7. The molecule has 0 bridgehead atoms. The second-order valence-corrected chi connectivity index (χ2v) is 13.3. The summed E-state index contributed by atoms with van der Waals surface area (Å²) in [7, 11) is -2.34. The zero-order chi connectivity index (χ0) is 28.0. The zero-order valence-electron chi connectivity index (χ0n) is 22.2. The number of carboxylic acids is 1. The Hall–Kier alpha value is -2.76. The van der Waals surface area contributed by atoms with Gasteiger partial charge in [0, 0.05) is 11.3 Å². The van der Waals surface area contributed by atoms with Gasteiger partial charge in [-0.1, -0.05) is 24.3 Å². The molecule has 2 atom stereocenters. The molecule has 0 heterocycles. The SMILES string of the molecule is COc1ccc(CSC(C(=O)O)[C@@H](NC(=O)OC(C)(C)C)c2cccc(S(=O)(=O)NC(C)(C)C)c2)cc1. The number of thioether (sulfide) groups is 1. The molecule has 0 aliphatic carbocycles. The molecule has 3 N–H and O–H groups in total. The number of carbonyl (C=O) groups excluding carboxylic acids is 1. The third-order valence-corrected chi connectivity index (χ3v) is 7.86. The second-order valence-electron chi connectivity index (χ2n) is 10.5. The van der Waals surface area contributed by atoms with Gasteiger partial charge in [-0.05, 0) is 76.9 Å². The summed E-state index contributed by atoms with van der Waals surface area (Å²) in [6.07, 6.45) is -0.810. The molecule has 0 aliphatic rings. The van der Waals surface area contributed by atoms with E-state index in [4.69, 9.17) is 9.47 Å². The van der Waals surface area contributed by atoms with Crippen molar-refractivity contribution in [1.29, 1.82) is 0 Å². The van der Waals surface area contributed by atoms with Crippen LogP contribution in [0, 0.1) is 0 Å². The summed E-state index contributed by atoms with van der Waals surface area (Å²) in [5.41, 5.74) is -0.359. The van der Waals surface area contributed by atoms with E-state index < -0.39 is 44.5 Å². The predicted octanol–water partition coefficient (Wildman–Crippen LogP) is 4.72. The molecular formula is C26H36N2O7S2. The highest BCUT2D eigenvalue weighted by atomic mass is 32.2. The van der Waals surface area contributed by atoms with Crippen molar-refractivity contribution in [2.45, 2.75) is 74.6 Å². The fraction of sp³-hybridized carbons (Fsp3) is 0.462. The van der Waals surface area contributed by atoms with Gasteiger partial charge in [0.25, 0.3) is 0 Å². The number of benzene rings is 2. The van der Waals surface area contributed by atoms with Crippen molar-refractivity contribution in [3.8, 4) is 5.75 Å². The Balaban J connectivity index is 2.45. The van der Waals surface area contributed by atoms with Crippen LogP contribution in [0.2, 0.25) is 0 Å². The first-order valence-electron chi connectivity index (χ1n) is 11.6. The highest BCUT2D eigenvalue weighted by Crippen LogP contribution is 2.32. The van der Waals surface area contributed by atoms with Crippen LogP contribution in [0.5, 0.6) is 5.75 Å². The van der Waals surface area contributed by atoms with E-state index in [-0.39, 0.29) is 4.90 Å². The molecule has 204 valence electrons. The summed E-state index contributed by atoms with van der Waals surface area (Å²) < 4.78 is 39.0. The van der Waals surface area contributed by atoms with Crippen molar-refractivity contribution < 1.29 is 32.6 Å². The Morgan fingerprint density at radius 1 is 1.03 bits per heavy atom. The number of carbonyl (C=O) groups is 2. The first-order chi connectivity index (χ1) is 17.0. The Labute approximate surface area is 223 Å². The second kappa shape index (κ2) is 12.2. The third kappa shape index (κ3) is 9.90.